The molecule has 0 saturated carbocycles. The largest absolute Gasteiger partial charge is 0.360 e. The van der Waals surface area contributed by atoms with E-state index >= 15 is 0 Å². The summed E-state index contributed by atoms with van der Waals surface area (Å²) in [5.41, 5.74) is 5.07. The molecular weight excluding hydrogens is 276 g/mol. The number of nitrogens with zero attached hydrogens (tertiary/aromatic N) is 1. The van der Waals surface area contributed by atoms with E-state index in [4.69, 9.17) is 0 Å². The minimum atomic E-state index is -0.139. The van der Waals surface area contributed by atoms with E-state index in [9.17, 15) is 4.79 Å². The molecule has 2 unspecified atom stereocenters. The lowest BCUT2D eigenvalue weighted by Gasteiger charge is -2.11. The van der Waals surface area contributed by atoms with E-state index in [1.165, 1.54) is 0 Å². The SMILES string of the molecule is C=CCC1C(=O)Nc2cc3c(cc21)NC(c1ccncc1)N3. The molecule has 0 bridgehead atoms. The van der Waals surface area contributed by atoms with Gasteiger partial charge in [0.2, 0.25) is 5.91 Å². The molecule has 5 heteroatoms. The second-order valence-electron chi connectivity index (χ2n) is 5.55. The van der Waals surface area contributed by atoms with Crippen molar-refractivity contribution in [2.45, 2.75) is 18.5 Å². The van der Waals surface area contributed by atoms with Crippen LogP contribution < -0.4 is 16.0 Å². The van der Waals surface area contributed by atoms with Crippen LogP contribution in [0.15, 0.2) is 49.3 Å². The number of aromatic nitrogens is 1. The molecule has 22 heavy (non-hydrogen) atoms. The van der Waals surface area contributed by atoms with E-state index in [2.05, 4.69) is 33.6 Å². The van der Waals surface area contributed by atoms with Crippen LogP contribution in [0.2, 0.25) is 0 Å². The second kappa shape index (κ2) is 4.87. The quantitative estimate of drug-likeness (QED) is 0.760. The molecule has 5 nitrogen and oxygen atoms in total. The number of anilines is 3. The summed E-state index contributed by atoms with van der Waals surface area (Å²) >= 11 is 0. The minimum absolute atomic E-state index is 0.0223. The number of carbonyl (C=O) groups excluding carboxylic acids is 1. The molecule has 1 aromatic carbocycles. The highest BCUT2D eigenvalue weighted by atomic mass is 16.2. The molecule has 0 radical (unpaired) electrons. The first-order valence-electron chi connectivity index (χ1n) is 7.29. The molecule has 2 aliphatic rings. The molecular formula is C17H16N4O. The Bertz CT molecular complexity index is 757. The van der Waals surface area contributed by atoms with Gasteiger partial charge in [0.15, 0.2) is 0 Å². The van der Waals surface area contributed by atoms with Gasteiger partial charge in [-0.05, 0) is 41.8 Å². The number of hydrogen-bond donors (Lipinski definition) is 3. The summed E-state index contributed by atoms with van der Waals surface area (Å²) in [6.07, 6.45) is 6.02. The first kappa shape index (κ1) is 12.9. The Balaban J connectivity index is 1.67. The molecule has 2 aromatic rings. The predicted molar refractivity (Wildman–Crippen MR) is 86.9 cm³/mol. The third-order valence-corrected chi connectivity index (χ3v) is 4.18. The van der Waals surface area contributed by atoms with Gasteiger partial charge < -0.3 is 16.0 Å². The van der Waals surface area contributed by atoms with Gasteiger partial charge in [-0.1, -0.05) is 6.08 Å². The Morgan fingerprint density at radius 3 is 2.59 bits per heavy atom. The third kappa shape index (κ3) is 1.94. The molecule has 3 N–H and O–H groups in total. The van der Waals surface area contributed by atoms with Crippen LogP contribution in [-0.2, 0) is 4.79 Å². The molecule has 1 aromatic heterocycles. The first-order chi connectivity index (χ1) is 10.8. The lowest BCUT2D eigenvalue weighted by Crippen LogP contribution is -2.12. The Labute approximate surface area is 128 Å². The minimum Gasteiger partial charge on any atom is -0.360 e. The summed E-state index contributed by atoms with van der Waals surface area (Å²) in [7, 11) is 0. The van der Waals surface area contributed by atoms with Gasteiger partial charge in [-0.3, -0.25) is 9.78 Å². The number of rotatable bonds is 3. The van der Waals surface area contributed by atoms with Crippen molar-refractivity contribution < 1.29 is 4.79 Å². The smallest absolute Gasteiger partial charge is 0.232 e. The van der Waals surface area contributed by atoms with Crippen LogP contribution in [0.25, 0.3) is 0 Å². The molecule has 0 saturated heterocycles. The van der Waals surface area contributed by atoms with Gasteiger partial charge in [-0.2, -0.15) is 0 Å². The molecule has 2 aliphatic heterocycles. The molecule has 1 amide bonds. The van der Waals surface area contributed by atoms with Gasteiger partial charge in [0, 0.05) is 18.1 Å². The molecule has 3 heterocycles. The number of amides is 1. The van der Waals surface area contributed by atoms with Crippen LogP contribution in [0.3, 0.4) is 0 Å². The maximum absolute atomic E-state index is 12.0. The number of fused-ring (bicyclic) bond motifs is 2. The standard InChI is InChI=1S/C17H16N4O/c1-2-3-11-12-8-14-15(9-13(12)21-17(11)22)20-16(19-14)10-4-6-18-7-5-10/h2,4-9,11,16,19-20H,1,3H2,(H,21,22). The normalized spacial score (nSPS) is 21.4. The number of carbonyl (C=O) groups is 1. The zero-order valence-corrected chi connectivity index (χ0v) is 12.0. The van der Waals surface area contributed by atoms with E-state index in [-0.39, 0.29) is 18.0 Å². The summed E-state index contributed by atoms with van der Waals surface area (Å²) in [5.74, 6) is -0.0937. The number of benzene rings is 1. The van der Waals surface area contributed by atoms with Crippen molar-refractivity contribution in [3.05, 3.63) is 60.4 Å². The summed E-state index contributed by atoms with van der Waals surface area (Å²) in [6, 6.07) is 8.02. The van der Waals surface area contributed by atoms with Crippen molar-refractivity contribution in [2.75, 3.05) is 16.0 Å². The second-order valence-corrected chi connectivity index (χ2v) is 5.55. The van der Waals surface area contributed by atoms with Crippen LogP contribution in [0.4, 0.5) is 17.1 Å². The van der Waals surface area contributed by atoms with Crippen molar-refractivity contribution in [1.82, 2.24) is 4.98 Å². The van der Waals surface area contributed by atoms with E-state index in [0.717, 1.165) is 28.2 Å². The molecule has 4 rings (SSSR count). The number of pyridine rings is 1. The Morgan fingerprint density at radius 1 is 1.14 bits per heavy atom. The Kier molecular flexibility index (Phi) is 2.85. The van der Waals surface area contributed by atoms with Gasteiger partial charge in [0.25, 0.3) is 0 Å². The fraction of sp³-hybridized carbons (Fsp3) is 0.176. The molecule has 0 fully saturated rings. The van der Waals surface area contributed by atoms with Gasteiger partial charge in [0.05, 0.1) is 17.3 Å². The molecule has 0 aliphatic carbocycles. The summed E-state index contributed by atoms with van der Waals surface area (Å²) < 4.78 is 0. The fourth-order valence-corrected chi connectivity index (χ4v) is 3.08. The monoisotopic (exact) mass is 292 g/mol. The van der Waals surface area contributed by atoms with Crippen molar-refractivity contribution in [3.8, 4) is 0 Å². The van der Waals surface area contributed by atoms with Crippen LogP contribution in [0, 0.1) is 0 Å². The van der Waals surface area contributed by atoms with E-state index in [1.54, 1.807) is 18.5 Å². The van der Waals surface area contributed by atoms with Gasteiger partial charge >= 0.3 is 0 Å². The zero-order chi connectivity index (χ0) is 15.1. The maximum Gasteiger partial charge on any atom is 0.232 e. The highest BCUT2D eigenvalue weighted by molar-refractivity contribution is 6.04. The highest BCUT2D eigenvalue weighted by Crippen LogP contribution is 2.44. The maximum atomic E-state index is 12.0. The highest BCUT2D eigenvalue weighted by Gasteiger charge is 2.32. The van der Waals surface area contributed by atoms with Crippen LogP contribution in [-0.4, -0.2) is 10.9 Å². The van der Waals surface area contributed by atoms with Crippen molar-refractivity contribution in [2.24, 2.45) is 0 Å². The molecule has 110 valence electrons. The van der Waals surface area contributed by atoms with Gasteiger partial charge in [-0.15, -0.1) is 6.58 Å². The van der Waals surface area contributed by atoms with E-state index in [0.29, 0.717) is 6.42 Å². The molecule has 2 atom stereocenters. The predicted octanol–water partition coefficient (Wildman–Crippen LogP) is 3.23. The number of nitrogens with one attached hydrogen (secondary N) is 3. The van der Waals surface area contributed by atoms with Crippen LogP contribution in [0.1, 0.15) is 29.6 Å². The Hall–Kier alpha value is -2.82. The fourth-order valence-electron chi connectivity index (χ4n) is 3.08. The third-order valence-electron chi connectivity index (χ3n) is 4.18. The van der Waals surface area contributed by atoms with Crippen molar-refractivity contribution in [3.63, 3.8) is 0 Å². The van der Waals surface area contributed by atoms with E-state index < -0.39 is 0 Å². The summed E-state index contributed by atoms with van der Waals surface area (Å²) in [4.78, 5) is 16.1. The van der Waals surface area contributed by atoms with Crippen molar-refractivity contribution in [1.29, 1.82) is 0 Å². The van der Waals surface area contributed by atoms with Gasteiger partial charge in [0.1, 0.15) is 6.17 Å². The summed E-state index contributed by atoms with van der Waals surface area (Å²) in [5, 5.41) is 9.84. The van der Waals surface area contributed by atoms with E-state index in [1.807, 2.05) is 18.2 Å². The Morgan fingerprint density at radius 2 is 1.86 bits per heavy atom. The summed E-state index contributed by atoms with van der Waals surface area (Å²) in [6.45, 7) is 3.74. The average molecular weight is 292 g/mol. The van der Waals surface area contributed by atoms with Crippen molar-refractivity contribution >= 4 is 23.0 Å². The lowest BCUT2D eigenvalue weighted by atomic mass is 9.96. The van der Waals surface area contributed by atoms with Crippen LogP contribution in [0.5, 0.6) is 0 Å². The number of allylic oxidation sites excluding steroid dienone is 1. The average Bonchev–Trinajstić information content (AvgIpc) is 3.07. The first-order valence-corrected chi connectivity index (χ1v) is 7.29. The van der Waals surface area contributed by atoms with Crippen LogP contribution >= 0.6 is 0 Å². The van der Waals surface area contributed by atoms with Gasteiger partial charge in [-0.25, -0.2) is 0 Å². The number of hydrogen-bond acceptors (Lipinski definition) is 4. The lowest BCUT2D eigenvalue weighted by molar-refractivity contribution is -0.116. The topological polar surface area (TPSA) is 66.0 Å². The molecule has 0 spiro atoms. The zero-order valence-electron chi connectivity index (χ0n) is 12.0.